The van der Waals surface area contributed by atoms with Crippen LogP contribution in [0.25, 0.3) is 11.1 Å². The van der Waals surface area contributed by atoms with E-state index in [-0.39, 0.29) is 10.8 Å². The highest BCUT2D eigenvalue weighted by Gasteiger charge is 2.25. The van der Waals surface area contributed by atoms with Crippen molar-refractivity contribution in [3.63, 3.8) is 0 Å². The van der Waals surface area contributed by atoms with Crippen LogP contribution < -0.4 is 10.5 Å². The zero-order valence-corrected chi connectivity index (χ0v) is 17.6. The van der Waals surface area contributed by atoms with E-state index >= 15 is 0 Å². The van der Waals surface area contributed by atoms with Gasteiger partial charge in [-0.15, -0.1) is 0 Å². The lowest BCUT2D eigenvalue weighted by molar-refractivity contribution is -0.156. The molecule has 0 aliphatic heterocycles. The third-order valence-electron chi connectivity index (χ3n) is 3.95. The summed E-state index contributed by atoms with van der Waals surface area (Å²) >= 11 is 12.2. The molecule has 1 atom stereocenters. The topological polar surface area (TPSA) is 93.9 Å². The van der Waals surface area contributed by atoms with Gasteiger partial charge in [0.15, 0.2) is 11.6 Å². The second-order valence-corrected chi connectivity index (χ2v) is 6.98. The molecule has 0 fully saturated rings. The summed E-state index contributed by atoms with van der Waals surface area (Å²) in [5.74, 6) is -0.00669. The molecule has 12 heteroatoms. The molecule has 0 aliphatic rings. The van der Waals surface area contributed by atoms with Crippen LogP contribution in [0.4, 0.5) is 23.4 Å². The van der Waals surface area contributed by atoms with Crippen LogP contribution in [-0.4, -0.2) is 27.6 Å². The number of halogens is 6. The summed E-state index contributed by atoms with van der Waals surface area (Å²) < 4.78 is 50.9. The van der Waals surface area contributed by atoms with E-state index in [0.717, 1.165) is 16.8 Å². The number of rotatable bonds is 4. The lowest BCUT2D eigenvalue weighted by Gasteiger charge is -2.19. The SMILES string of the molecule is Cc1[nH]ncc1-c1cnc(N)c(OC(C)c2c(Cl)ccc(F)c2Cl)c1.O=CC(F)(F)F. The van der Waals surface area contributed by atoms with Gasteiger partial charge in [0.05, 0.1) is 11.2 Å². The number of hydrogen-bond acceptors (Lipinski definition) is 5. The molecular weight excluding hydrogens is 463 g/mol. The van der Waals surface area contributed by atoms with Crippen molar-refractivity contribution in [2.24, 2.45) is 0 Å². The van der Waals surface area contributed by atoms with Crippen molar-refractivity contribution < 1.29 is 27.1 Å². The monoisotopic (exact) mass is 478 g/mol. The molecule has 31 heavy (non-hydrogen) atoms. The highest BCUT2D eigenvalue weighted by Crippen LogP contribution is 2.37. The summed E-state index contributed by atoms with van der Waals surface area (Å²) in [4.78, 5) is 12.9. The number of carbonyl (C=O) groups is 1. The van der Waals surface area contributed by atoms with Gasteiger partial charge in [-0.3, -0.25) is 9.89 Å². The average molecular weight is 479 g/mol. The van der Waals surface area contributed by atoms with Gasteiger partial charge in [0.25, 0.3) is 0 Å². The fraction of sp³-hybridized carbons (Fsp3) is 0.211. The van der Waals surface area contributed by atoms with Crippen molar-refractivity contribution in [2.75, 3.05) is 5.73 Å². The molecule has 166 valence electrons. The van der Waals surface area contributed by atoms with Gasteiger partial charge in [-0.05, 0) is 32.0 Å². The molecule has 1 aromatic carbocycles. The zero-order valence-electron chi connectivity index (χ0n) is 16.1. The number of nitrogen functional groups attached to an aromatic ring is 1. The lowest BCUT2D eigenvalue weighted by Crippen LogP contribution is -2.08. The highest BCUT2D eigenvalue weighted by atomic mass is 35.5. The highest BCUT2D eigenvalue weighted by molar-refractivity contribution is 6.36. The number of H-pyrrole nitrogens is 1. The summed E-state index contributed by atoms with van der Waals surface area (Å²) in [6, 6.07) is 4.39. The Labute approximate surface area is 184 Å². The van der Waals surface area contributed by atoms with Crippen molar-refractivity contribution in [3.8, 4) is 16.9 Å². The summed E-state index contributed by atoms with van der Waals surface area (Å²) in [5.41, 5.74) is 8.83. The number of pyridine rings is 1. The number of alkyl halides is 3. The quantitative estimate of drug-likeness (QED) is 0.285. The van der Waals surface area contributed by atoms with Gasteiger partial charge in [0, 0.05) is 33.6 Å². The van der Waals surface area contributed by atoms with Gasteiger partial charge in [-0.1, -0.05) is 23.2 Å². The first-order valence-electron chi connectivity index (χ1n) is 8.53. The minimum Gasteiger partial charge on any atom is -0.482 e. The first-order chi connectivity index (χ1) is 14.4. The van der Waals surface area contributed by atoms with Crippen molar-refractivity contribution in [1.29, 1.82) is 0 Å². The van der Waals surface area contributed by atoms with Crippen LogP contribution in [0.15, 0.2) is 30.6 Å². The van der Waals surface area contributed by atoms with E-state index in [1.54, 1.807) is 25.4 Å². The Morgan fingerprint density at radius 3 is 2.45 bits per heavy atom. The molecule has 3 rings (SSSR count). The lowest BCUT2D eigenvalue weighted by atomic mass is 10.1. The van der Waals surface area contributed by atoms with Crippen LogP contribution in [0, 0.1) is 12.7 Å². The van der Waals surface area contributed by atoms with E-state index in [1.807, 2.05) is 6.92 Å². The molecule has 0 saturated carbocycles. The fourth-order valence-electron chi connectivity index (χ4n) is 2.50. The van der Waals surface area contributed by atoms with Crippen LogP contribution in [0.5, 0.6) is 5.75 Å². The van der Waals surface area contributed by atoms with Crippen molar-refractivity contribution in [2.45, 2.75) is 26.1 Å². The van der Waals surface area contributed by atoms with E-state index in [0.29, 0.717) is 16.3 Å². The van der Waals surface area contributed by atoms with Crippen molar-refractivity contribution in [1.82, 2.24) is 15.2 Å². The summed E-state index contributed by atoms with van der Waals surface area (Å²) in [5, 5.41) is 7.09. The molecule has 0 bridgehead atoms. The molecule has 2 heterocycles. The van der Waals surface area contributed by atoms with Gasteiger partial charge >= 0.3 is 6.18 Å². The number of aromatic nitrogens is 3. The van der Waals surface area contributed by atoms with Crippen molar-refractivity contribution in [3.05, 3.63) is 57.7 Å². The number of anilines is 1. The fourth-order valence-corrected chi connectivity index (χ4v) is 3.18. The third kappa shape index (κ3) is 6.31. The number of nitrogens with two attached hydrogens (primary N) is 1. The van der Waals surface area contributed by atoms with Crippen LogP contribution in [0.3, 0.4) is 0 Å². The van der Waals surface area contributed by atoms with E-state index in [1.165, 1.54) is 12.1 Å². The zero-order chi connectivity index (χ0) is 23.3. The second kappa shape index (κ2) is 9.97. The van der Waals surface area contributed by atoms with Gasteiger partial charge in [0.2, 0.25) is 6.29 Å². The molecule has 3 N–H and O–H groups in total. The summed E-state index contributed by atoms with van der Waals surface area (Å²) in [7, 11) is 0. The number of aldehydes is 1. The number of ether oxygens (including phenoxy) is 1. The minimum atomic E-state index is -4.64. The van der Waals surface area contributed by atoms with Crippen molar-refractivity contribution >= 4 is 35.3 Å². The third-order valence-corrected chi connectivity index (χ3v) is 4.66. The molecule has 0 aliphatic carbocycles. The van der Waals surface area contributed by atoms with Crippen LogP contribution in [0.2, 0.25) is 10.0 Å². The number of aromatic amines is 1. The molecule has 3 aromatic rings. The standard InChI is InChI=1S/C17H15Cl2FN4O.C2HF3O/c1-8-11(7-23-24-8)10-5-14(17(21)22-6-10)25-9(2)15-12(18)3-4-13(20)16(15)19;3-2(4,5)1-6/h3-7,9H,1-2H3,(H2,21,22)(H,23,24);1H. The maximum Gasteiger partial charge on any atom is 0.446 e. The van der Waals surface area contributed by atoms with Gasteiger partial charge in [-0.25, -0.2) is 9.37 Å². The first kappa shape index (κ1) is 24.4. The van der Waals surface area contributed by atoms with E-state index < -0.39 is 24.4 Å². The Bertz CT molecular complexity index is 1070. The number of nitrogens with one attached hydrogen (secondary N) is 1. The smallest absolute Gasteiger partial charge is 0.446 e. The summed E-state index contributed by atoms with van der Waals surface area (Å²) in [6.45, 7) is 3.61. The van der Waals surface area contributed by atoms with E-state index in [4.69, 9.17) is 38.5 Å². The van der Waals surface area contributed by atoms with Gasteiger partial charge < -0.3 is 10.5 Å². The Hall–Kier alpha value is -2.85. The molecule has 0 amide bonds. The maximum absolute atomic E-state index is 13.7. The number of benzene rings is 1. The first-order valence-corrected chi connectivity index (χ1v) is 9.29. The van der Waals surface area contributed by atoms with Gasteiger partial charge in [0.1, 0.15) is 11.9 Å². The predicted molar refractivity (Wildman–Crippen MR) is 109 cm³/mol. The van der Waals surface area contributed by atoms with E-state index in [9.17, 15) is 17.6 Å². The number of aryl methyl sites for hydroxylation is 1. The Kier molecular flexibility index (Phi) is 7.85. The molecule has 2 aromatic heterocycles. The van der Waals surface area contributed by atoms with Gasteiger partial charge in [-0.2, -0.15) is 18.3 Å². The number of hydrogen-bond donors (Lipinski definition) is 2. The Morgan fingerprint density at radius 2 is 1.90 bits per heavy atom. The molecule has 1 unspecified atom stereocenters. The van der Waals surface area contributed by atoms with Crippen LogP contribution >= 0.6 is 23.2 Å². The predicted octanol–water partition coefficient (Wildman–Crippen LogP) is 5.70. The molecular formula is C19H16Cl2F4N4O2. The summed E-state index contributed by atoms with van der Waals surface area (Å²) in [6.07, 6.45) is -3.00. The minimum absolute atomic E-state index is 0.0756. The Balaban J connectivity index is 0.000000501. The molecule has 6 nitrogen and oxygen atoms in total. The largest absolute Gasteiger partial charge is 0.482 e. The average Bonchev–Trinajstić information content (AvgIpc) is 3.13. The normalized spacial score (nSPS) is 12.0. The maximum atomic E-state index is 13.7. The second-order valence-electron chi connectivity index (χ2n) is 6.19. The number of nitrogens with zero attached hydrogens (tertiary/aromatic N) is 2. The molecule has 0 radical (unpaired) electrons. The Morgan fingerprint density at radius 1 is 1.26 bits per heavy atom. The van der Waals surface area contributed by atoms with Crippen LogP contribution in [-0.2, 0) is 4.79 Å². The van der Waals surface area contributed by atoms with E-state index in [2.05, 4.69) is 15.2 Å². The molecule has 0 saturated heterocycles. The van der Waals surface area contributed by atoms with Crippen LogP contribution in [0.1, 0.15) is 24.3 Å². The molecule has 0 spiro atoms. The number of carbonyl (C=O) groups excluding carboxylic acids is 1.